The molecule has 0 unspecified atom stereocenters. The summed E-state index contributed by atoms with van der Waals surface area (Å²) in [6, 6.07) is 9.52. The number of piperidine rings is 1. The molecule has 28 heavy (non-hydrogen) atoms. The van der Waals surface area contributed by atoms with E-state index in [-0.39, 0.29) is 6.61 Å². The fraction of sp³-hybridized carbons (Fsp3) is 0.739. The number of likely N-dealkylation sites (tertiary alicyclic amines) is 1. The molecular weight excluding hydrogens is 350 g/mol. The lowest BCUT2D eigenvalue weighted by Crippen LogP contribution is -2.57. The van der Waals surface area contributed by atoms with E-state index < -0.39 is 0 Å². The molecule has 1 atom stereocenters. The fourth-order valence-electron chi connectivity index (χ4n) is 4.85. The van der Waals surface area contributed by atoms with Crippen LogP contribution in [0.25, 0.3) is 0 Å². The zero-order valence-corrected chi connectivity index (χ0v) is 17.9. The van der Waals surface area contributed by atoms with Gasteiger partial charge in [-0.25, -0.2) is 0 Å². The molecule has 0 amide bonds. The van der Waals surface area contributed by atoms with Gasteiger partial charge in [0.15, 0.2) is 0 Å². The van der Waals surface area contributed by atoms with Crippen LogP contribution in [0.5, 0.6) is 5.75 Å². The van der Waals surface area contributed by atoms with Gasteiger partial charge in [-0.05, 0) is 58.3 Å². The van der Waals surface area contributed by atoms with E-state index in [0.717, 1.165) is 38.3 Å². The first-order valence-corrected chi connectivity index (χ1v) is 11.3. The van der Waals surface area contributed by atoms with Crippen LogP contribution in [0, 0.1) is 0 Å². The Morgan fingerprint density at radius 3 is 2.57 bits per heavy atom. The fourth-order valence-corrected chi connectivity index (χ4v) is 4.85. The van der Waals surface area contributed by atoms with Crippen molar-refractivity contribution in [2.24, 2.45) is 0 Å². The third-order valence-electron chi connectivity index (χ3n) is 6.36. The van der Waals surface area contributed by atoms with Crippen molar-refractivity contribution in [3.63, 3.8) is 0 Å². The summed E-state index contributed by atoms with van der Waals surface area (Å²) in [5.74, 6) is 0.999. The Hall–Kier alpha value is -1.14. The van der Waals surface area contributed by atoms with Gasteiger partial charge in [0.1, 0.15) is 5.75 Å². The van der Waals surface area contributed by atoms with Crippen molar-refractivity contribution in [1.82, 2.24) is 14.7 Å². The first-order chi connectivity index (χ1) is 13.7. The topological polar surface area (TPSA) is 39.2 Å². The van der Waals surface area contributed by atoms with Crippen LogP contribution < -0.4 is 4.74 Å². The molecular formula is C23H39N3O2. The summed E-state index contributed by atoms with van der Waals surface area (Å²) in [7, 11) is 0. The number of aliphatic hydroxyl groups excluding tert-OH is 1. The van der Waals surface area contributed by atoms with E-state index in [0.29, 0.717) is 18.7 Å². The number of para-hydroxylation sites is 1. The minimum atomic E-state index is 0.261. The van der Waals surface area contributed by atoms with E-state index in [1.165, 1.54) is 44.5 Å². The van der Waals surface area contributed by atoms with Crippen LogP contribution in [0.4, 0.5) is 0 Å². The van der Waals surface area contributed by atoms with Gasteiger partial charge in [0.05, 0.1) is 6.61 Å². The summed E-state index contributed by atoms with van der Waals surface area (Å²) in [5, 5.41) is 9.66. The van der Waals surface area contributed by atoms with E-state index in [1.807, 2.05) is 13.0 Å². The average molecular weight is 390 g/mol. The van der Waals surface area contributed by atoms with Crippen LogP contribution in [-0.4, -0.2) is 84.4 Å². The van der Waals surface area contributed by atoms with Gasteiger partial charge < -0.3 is 14.7 Å². The predicted molar refractivity (Wildman–Crippen MR) is 115 cm³/mol. The first kappa shape index (κ1) is 21.6. The number of rotatable bonds is 9. The second-order valence-electron chi connectivity index (χ2n) is 8.25. The standard InChI is InChI=1S/C23H39N3O2/c1-3-12-24-13-9-21(10-14-24)26-16-15-25(22(19-26)11-17-27)18-20-7-5-6-8-23(20)28-4-2/h5-8,21-22,27H,3-4,9-19H2,1-2H3/t22-/m1/s1. The average Bonchev–Trinajstić information content (AvgIpc) is 2.72. The highest BCUT2D eigenvalue weighted by molar-refractivity contribution is 5.33. The molecule has 0 spiro atoms. The van der Waals surface area contributed by atoms with Crippen molar-refractivity contribution in [2.75, 3.05) is 52.5 Å². The maximum absolute atomic E-state index is 9.66. The lowest BCUT2D eigenvalue weighted by molar-refractivity contribution is 0.0128. The summed E-state index contributed by atoms with van der Waals surface area (Å²) in [6.45, 7) is 13.2. The molecule has 0 saturated carbocycles. The summed E-state index contributed by atoms with van der Waals surface area (Å²) < 4.78 is 5.83. The molecule has 1 N–H and O–H groups in total. The van der Waals surface area contributed by atoms with Crippen LogP contribution in [-0.2, 0) is 6.54 Å². The molecule has 1 aromatic rings. The Morgan fingerprint density at radius 2 is 1.86 bits per heavy atom. The molecule has 0 aliphatic carbocycles. The monoisotopic (exact) mass is 389 g/mol. The Balaban J connectivity index is 1.59. The number of hydrogen-bond donors (Lipinski definition) is 1. The molecule has 2 aliphatic rings. The predicted octanol–water partition coefficient (Wildman–Crippen LogP) is 2.83. The van der Waals surface area contributed by atoms with Gasteiger partial charge >= 0.3 is 0 Å². The van der Waals surface area contributed by atoms with Gasteiger partial charge in [0.2, 0.25) is 0 Å². The van der Waals surface area contributed by atoms with Crippen molar-refractivity contribution < 1.29 is 9.84 Å². The van der Waals surface area contributed by atoms with Gasteiger partial charge in [-0.3, -0.25) is 9.80 Å². The largest absolute Gasteiger partial charge is 0.494 e. The van der Waals surface area contributed by atoms with E-state index in [4.69, 9.17) is 4.74 Å². The van der Waals surface area contributed by atoms with Crippen molar-refractivity contribution in [3.8, 4) is 5.75 Å². The Labute approximate surface area is 171 Å². The number of piperazine rings is 1. The second-order valence-corrected chi connectivity index (χ2v) is 8.25. The zero-order valence-electron chi connectivity index (χ0n) is 17.9. The highest BCUT2D eigenvalue weighted by atomic mass is 16.5. The molecule has 2 heterocycles. The number of hydrogen-bond acceptors (Lipinski definition) is 5. The van der Waals surface area contributed by atoms with Gasteiger partial charge in [0, 0.05) is 50.4 Å². The maximum Gasteiger partial charge on any atom is 0.123 e. The Bertz CT molecular complexity index is 575. The summed E-state index contributed by atoms with van der Waals surface area (Å²) >= 11 is 0. The van der Waals surface area contributed by atoms with Gasteiger partial charge in [-0.15, -0.1) is 0 Å². The molecule has 1 aromatic carbocycles. The number of benzene rings is 1. The lowest BCUT2D eigenvalue weighted by Gasteiger charge is -2.46. The minimum Gasteiger partial charge on any atom is -0.494 e. The van der Waals surface area contributed by atoms with Crippen molar-refractivity contribution in [1.29, 1.82) is 0 Å². The number of nitrogens with zero attached hydrogens (tertiary/aromatic N) is 3. The van der Waals surface area contributed by atoms with E-state index >= 15 is 0 Å². The van der Waals surface area contributed by atoms with E-state index in [9.17, 15) is 5.11 Å². The highest BCUT2D eigenvalue weighted by Crippen LogP contribution is 2.26. The SMILES string of the molecule is CCCN1CCC(N2CCN(Cc3ccccc3OCC)[C@H](CCO)C2)CC1. The van der Waals surface area contributed by atoms with Gasteiger partial charge in [0.25, 0.3) is 0 Å². The molecule has 0 bridgehead atoms. The molecule has 0 aromatic heterocycles. The van der Waals surface area contributed by atoms with E-state index in [2.05, 4.69) is 39.8 Å². The zero-order chi connectivity index (χ0) is 19.8. The second kappa shape index (κ2) is 11.1. The summed E-state index contributed by atoms with van der Waals surface area (Å²) in [6.07, 6.45) is 4.69. The molecule has 5 nitrogen and oxygen atoms in total. The number of ether oxygens (including phenoxy) is 1. The van der Waals surface area contributed by atoms with Crippen LogP contribution in [0.2, 0.25) is 0 Å². The first-order valence-electron chi connectivity index (χ1n) is 11.3. The molecule has 2 aliphatic heterocycles. The highest BCUT2D eigenvalue weighted by Gasteiger charge is 2.32. The van der Waals surface area contributed by atoms with Crippen LogP contribution in [0.1, 0.15) is 45.1 Å². The third-order valence-corrected chi connectivity index (χ3v) is 6.36. The van der Waals surface area contributed by atoms with Crippen LogP contribution >= 0.6 is 0 Å². The van der Waals surface area contributed by atoms with E-state index in [1.54, 1.807) is 0 Å². The van der Waals surface area contributed by atoms with Crippen LogP contribution in [0.15, 0.2) is 24.3 Å². The number of aliphatic hydroxyl groups is 1. The molecule has 158 valence electrons. The summed E-state index contributed by atoms with van der Waals surface area (Å²) in [4.78, 5) is 7.87. The molecule has 2 saturated heterocycles. The normalized spacial score (nSPS) is 23.2. The molecule has 0 radical (unpaired) electrons. The minimum absolute atomic E-state index is 0.261. The molecule has 2 fully saturated rings. The van der Waals surface area contributed by atoms with Crippen molar-refractivity contribution in [2.45, 2.75) is 58.2 Å². The Kier molecular flexibility index (Phi) is 8.59. The quantitative estimate of drug-likeness (QED) is 0.703. The van der Waals surface area contributed by atoms with Gasteiger partial charge in [-0.2, -0.15) is 0 Å². The smallest absolute Gasteiger partial charge is 0.123 e. The van der Waals surface area contributed by atoms with Crippen LogP contribution in [0.3, 0.4) is 0 Å². The van der Waals surface area contributed by atoms with Gasteiger partial charge in [-0.1, -0.05) is 25.1 Å². The third kappa shape index (κ3) is 5.69. The van der Waals surface area contributed by atoms with Crippen molar-refractivity contribution in [3.05, 3.63) is 29.8 Å². The summed E-state index contributed by atoms with van der Waals surface area (Å²) in [5.41, 5.74) is 1.26. The maximum atomic E-state index is 9.66. The van der Waals surface area contributed by atoms with Crippen molar-refractivity contribution >= 4 is 0 Å². The molecule has 3 rings (SSSR count). The lowest BCUT2D eigenvalue weighted by atomic mass is 9.99. The Morgan fingerprint density at radius 1 is 1.07 bits per heavy atom. The molecule has 5 heteroatoms.